The molecule has 5 rings (SSSR count). The number of nitrogens with one attached hydrogen (secondary N) is 1. The molecule has 39 heavy (non-hydrogen) atoms. The van der Waals surface area contributed by atoms with Crippen LogP contribution in [-0.2, 0) is 6.18 Å². The van der Waals surface area contributed by atoms with E-state index in [1.54, 1.807) is 13.0 Å². The van der Waals surface area contributed by atoms with Gasteiger partial charge in [0.2, 0.25) is 0 Å². The fraction of sp³-hybridized carbons (Fsp3) is 0.312. The van der Waals surface area contributed by atoms with Crippen molar-refractivity contribution in [3.05, 3.63) is 94.9 Å². The zero-order valence-corrected chi connectivity index (χ0v) is 21.9. The monoisotopic (exact) mass is 534 g/mol. The standard InChI is InChI=1S/C32H30F4N2O/c1-3-20-4-6-21(7-5-20)22-8-10-23(11-9-22)24-12-14-26-27(16-19(2)37-30(26)17-24)31(39)38-29-15-13-25(33)18-28(29)32(34,35)36/h8-18,20-21H,3-7H2,1-2H3,(H,38,39). The number of halogens is 4. The van der Waals surface area contributed by atoms with Crippen LogP contribution in [0.15, 0.2) is 66.7 Å². The molecule has 0 spiro atoms. The van der Waals surface area contributed by atoms with Gasteiger partial charge in [-0.3, -0.25) is 9.78 Å². The molecule has 4 aromatic rings. The minimum Gasteiger partial charge on any atom is -0.321 e. The van der Waals surface area contributed by atoms with E-state index in [0.29, 0.717) is 28.6 Å². The molecule has 3 aromatic carbocycles. The maximum Gasteiger partial charge on any atom is 0.418 e. The number of anilines is 1. The molecular formula is C32H30F4N2O. The normalized spacial score (nSPS) is 17.8. The number of amides is 1. The van der Waals surface area contributed by atoms with E-state index < -0.39 is 29.2 Å². The molecule has 1 heterocycles. The summed E-state index contributed by atoms with van der Waals surface area (Å²) in [5.41, 5.74) is 2.89. The molecule has 0 aliphatic heterocycles. The van der Waals surface area contributed by atoms with Gasteiger partial charge in [0, 0.05) is 11.1 Å². The largest absolute Gasteiger partial charge is 0.418 e. The number of rotatable bonds is 5. The van der Waals surface area contributed by atoms with Gasteiger partial charge in [-0.25, -0.2) is 4.39 Å². The molecule has 0 bridgehead atoms. The van der Waals surface area contributed by atoms with Crippen LogP contribution in [0.5, 0.6) is 0 Å². The summed E-state index contributed by atoms with van der Waals surface area (Å²) in [6, 6.07) is 17.9. The van der Waals surface area contributed by atoms with Gasteiger partial charge in [-0.1, -0.05) is 49.7 Å². The fourth-order valence-corrected chi connectivity index (χ4v) is 5.63. The minimum atomic E-state index is -4.82. The quantitative estimate of drug-likeness (QED) is 0.259. The number of carbonyl (C=O) groups excluding carboxylic acids is 1. The molecule has 1 aliphatic rings. The van der Waals surface area contributed by atoms with E-state index in [2.05, 4.69) is 41.5 Å². The van der Waals surface area contributed by atoms with Crippen LogP contribution in [-0.4, -0.2) is 10.9 Å². The van der Waals surface area contributed by atoms with Gasteiger partial charge in [-0.15, -0.1) is 0 Å². The summed E-state index contributed by atoms with van der Waals surface area (Å²) in [4.78, 5) is 17.7. The second-order valence-electron chi connectivity index (χ2n) is 10.4. The minimum absolute atomic E-state index is 0.194. The second-order valence-corrected chi connectivity index (χ2v) is 10.4. The molecule has 7 heteroatoms. The van der Waals surface area contributed by atoms with E-state index in [1.165, 1.54) is 43.7 Å². The van der Waals surface area contributed by atoms with E-state index in [4.69, 9.17) is 0 Å². The lowest BCUT2D eigenvalue weighted by atomic mass is 9.77. The zero-order valence-electron chi connectivity index (χ0n) is 21.9. The summed E-state index contributed by atoms with van der Waals surface area (Å²) in [6.07, 6.45) is 1.46. The number of hydrogen-bond acceptors (Lipinski definition) is 2. The molecule has 1 aromatic heterocycles. The SMILES string of the molecule is CCC1CCC(c2ccc(-c3ccc4c(C(=O)Nc5ccc(F)cc5C(F)(F)F)cc(C)nc4c3)cc2)CC1. The number of fused-ring (bicyclic) bond motifs is 1. The van der Waals surface area contributed by atoms with E-state index in [1.807, 2.05) is 12.1 Å². The topological polar surface area (TPSA) is 42.0 Å². The number of carbonyl (C=O) groups is 1. The lowest BCUT2D eigenvalue weighted by Gasteiger charge is -2.28. The maximum atomic E-state index is 13.5. The molecular weight excluding hydrogens is 504 g/mol. The van der Waals surface area contributed by atoms with Crippen molar-refractivity contribution in [3.8, 4) is 11.1 Å². The van der Waals surface area contributed by atoms with E-state index in [-0.39, 0.29) is 5.56 Å². The number of hydrogen-bond donors (Lipinski definition) is 1. The first-order valence-corrected chi connectivity index (χ1v) is 13.3. The predicted molar refractivity (Wildman–Crippen MR) is 146 cm³/mol. The van der Waals surface area contributed by atoms with E-state index >= 15 is 0 Å². The average Bonchev–Trinajstić information content (AvgIpc) is 2.92. The molecule has 1 amide bonds. The maximum absolute atomic E-state index is 13.5. The van der Waals surface area contributed by atoms with Crippen molar-refractivity contribution in [2.45, 2.75) is 58.0 Å². The number of aryl methyl sites for hydroxylation is 1. The molecule has 1 N–H and O–H groups in total. The van der Waals surface area contributed by atoms with Crippen molar-refractivity contribution >= 4 is 22.5 Å². The van der Waals surface area contributed by atoms with Gasteiger partial charge in [-0.2, -0.15) is 13.2 Å². The summed E-state index contributed by atoms with van der Waals surface area (Å²) in [6.45, 7) is 3.99. The number of aromatic nitrogens is 1. The summed E-state index contributed by atoms with van der Waals surface area (Å²) in [5.74, 6) is -0.307. The van der Waals surface area contributed by atoms with Crippen LogP contribution in [0.2, 0.25) is 0 Å². The average molecular weight is 535 g/mol. The number of alkyl halides is 3. The Morgan fingerprint density at radius 1 is 0.923 bits per heavy atom. The Labute approximate surface area is 225 Å². The van der Waals surface area contributed by atoms with Crippen molar-refractivity contribution in [1.29, 1.82) is 0 Å². The molecule has 3 nitrogen and oxygen atoms in total. The van der Waals surface area contributed by atoms with E-state index in [9.17, 15) is 22.4 Å². The molecule has 0 radical (unpaired) electrons. The molecule has 1 aliphatic carbocycles. The van der Waals surface area contributed by atoms with Crippen LogP contribution in [0.3, 0.4) is 0 Å². The number of nitrogens with zero attached hydrogens (tertiary/aromatic N) is 1. The number of pyridine rings is 1. The summed E-state index contributed by atoms with van der Waals surface area (Å²) >= 11 is 0. The van der Waals surface area contributed by atoms with Gasteiger partial charge in [0.25, 0.3) is 5.91 Å². The van der Waals surface area contributed by atoms with Crippen LogP contribution >= 0.6 is 0 Å². The first kappa shape index (κ1) is 26.9. The Hall–Kier alpha value is -3.74. The highest BCUT2D eigenvalue weighted by atomic mass is 19.4. The van der Waals surface area contributed by atoms with Gasteiger partial charge >= 0.3 is 6.18 Å². The van der Waals surface area contributed by atoms with Crippen LogP contribution in [0, 0.1) is 18.7 Å². The highest BCUT2D eigenvalue weighted by Gasteiger charge is 2.34. The lowest BCUT2D eigenvalue weighted by molar-refractivity contribution is -0.137. The van der Waals surface area contributed by atoms with Crippen LogP contribution in [0.25, 0.3) is 22.0 Å². The van der Waals surface area contributed by atoms with Gasteiger partial charge in [0.1, 0.15) is 5.82 Å². The summed E-state index contributed by atoms with van der Waals surface area (Å²) < 4.78 is 53.8. The summed E-state index contributed by atoms with van der Waals surface area (Å²) in [7, 11) is 0. The smallest absolute Gasteiger partial charge is 0.321 e. The third kappa shape index (κ3) is 5.82. The Morgan fingerprint density at radius 2 is 1.62 bits per heavy atom. The molecule has 202 valence electrons. The van der Waals surface area contributed by atoms with Gasteiger partial charge in [0.05, 0.1) is 22.3 Å². The van der Waals surface area contributed by atoms with Crippen molar-refractivity contribution in [2.24, 2.45) is 5.92 Å². The first-order valence-electron chi connectivity index (χ1n) is 13.3. The Morgan fingerprint density at radius 3 is 2.28 bits per heavy atom. The van der Waals surface area contributed by atoms with Crippen LogP contribution in [0.4, 0.5) is 23.2 Å². The Bertz CT molecular complexity index is 1500. The lowest BCUT2D eigenvalue weighted by Crippen LogP contribution is -2.17. The summed E-state index contributed by atoms with van der Waals surface area (Å²) in [5, 5.41) is 2.83. The molecule has 0 atom stereocenters. The molecule has 1 fully saturated rings. The Kier molecular flexibility index (Phi) is 7.43. The Balaban J connectivity index is 1.41. The van der Waals surface area contributed by atoms with Crippen LogP contribution in [0.1, 0.15) is 72.1 Å². The van der Waals surface area contributed by atoms with Gasteiger partial charge < -0.3 is 5.32 Å². The first-order chi connectivity index (χ1) is 18.6. The van der Waals surface area contributed by atoms with Crippen molar-refractivity contribution < 1.29 is 22.4 Å². The highest BCUT2D eigenvalue weighted by molar-refractivity contribution is 6.13. The van der Waals surface area contributed by atoms with Crippen molar-refractivity contribution in [3.63, 3.8) is 0 Å². The molecule has 0 saturated heterocycles. The molecule has 0 unspecified atom stereocenters. The third-order valence-electron chi connectivity index (χ3n) is 7.86. The van der Waals surface area contributed by atoms with Crippen molar-refractivity contribution in [1.82, 2.24) is 4.98 Å². The molecule has 1 saturated carbocycles. The van der Waals surface area contributed by atoms with Gasteiger partial charge in [-0.05, 0) is 91.5 Å². The third-order valence-corrected chi connectivity index (χ3v) is 7.86. The van der Waals surface area contributed by atoms with Crippen LogP contribution < -0.4 is 5.32 Å². The van der Waals surface area contributed by atoms with Gasteiger partial charge in [0.15, 0.2) is 0 Å². The van der Waals surface area contributed by atoms with Crippen molar-refractivity contribution in [2.75, 3.05) is 5.32 Å². The predicted octanol–water partition coefficient (Wildman–Crippen LogP) is 9.30. The van der Waals surface area contributed by atoms with E-state index in [0.717, 1.165) is 29.2 Å². The zero-order chi connectivity index (χ0) is 27.7. The second kappa shape index (κ2) is 10.8. The highest BCUT2D eigenvalue weighted by Crippen LogP contribution is 2.38. The fourth-order valence-electron chi connectivity index (χ4n) is 5.63. The number of benzene rings is 3.